The van der Waals surface area contributed by atoms with Gasteiger partial charge in [0.05, 0.1) is 5.01 Å². The molecule has 1 aliphatic carbocycles. The van der Waals surface area contributed by atoms with Crippen molar-refractivity contribution in [3.63, 3.8) is 0 Å². The number of carboxylic acid groups (broad SMARTS) is 1. The number of carbonyl (C=O) groups excluding carboxylic acids is 1. The summed E-state index contributed by atoms with van der Waals surface area (Å²) in [5.74, 6) is -0.378. The van der Waals surface area contributed by atoms with Crippen LogP contribution in [0.1, 0.15) is 30.7 Å². The number of urea groups is 1. The third-order valence-electron chi connectivity index (χ3n) is 3.22. The first-order valence-corrected chi connectivity index (χ1v) is 7.58. The van der Waals surface area contributed by atoms with Crippen molar-refractivity contribution in [2.24, 2.45) is 5.92 Å². The monoisotopic (exact) mass is 297 g/mol. The highest BCUT2D eigenvalue weighted by molar-refractivity contribution is 7.09. The minimum atomic E-state index is -0.978. The zero-order valence-corrected chi connectivity index (χ0v) is 12.2. The Bertz CT molecular complexity index is 459. The molecule has 7 heteroatoms. The van der Waals surface area contributed by atoms with Gasteiger partial charge in [-0.1, -0.05) is 6.92 Å². The van der Waals surface area contributed by atoms with Gasteiger partial charge in [0.25, 0.3) is 0 Å². The molecule has 0 aromatic carbocycles. The molecule has 1 saturated carbocycles. The Morgan fingerprint density at radius 2 is 2.35 bits per heavy atom. The van der Waals surface area contributed by atoms with Gasteiger partial charge in [0, 0.05) is 30.6 Å². The molecule has 2 N–H and O–H groups in total. The average molecular weight is 297 g/mol. The van der Waals surface area contributed by atoms with Crippen LogP contribution in [-0.2, 0) is 4.79 Å². The number of carbonyl (C=O) groups is 2. The standard InChI is InChI=1S/C13H19N3O3S/c1-9(12-14-4-5-20-12)6-15-13(19)16(8-11(17)18)7-10-2-3-10/h4-5,9-10H,2-3,6-8H2,1H3,(H,15,19)(H,17,18). The van der Waals surface area contributed by atoms with E-state index in [-0.39, 0.29) is 18.5 Å². The first-order chi connectivity index (χ1) is 9.56. The van der Waals surface area contributed by atoms with E-state index in [0.29, 0.717) is 19.0 Å². The summed E-state index contributed by atoms with van der Waals surface area (Å²) in [5, 5.41) is 14.5. The molecule has 1 fully saturated rings. The van der Waals surface area contributed by atoms with Crippen molar-refractivity contribution in [3.8, 4) is 0 Å². The lowest BCUT2D eigenvalue weighted by Gasteiger charge is -2.22. The van der Waals surface area contributed by atoms with Crippen LogP contribution in [-0.4, -0.2) is 46.6 Å². The second kappa shape index (κ2) is 6.69. The quantitative estimate of drug-likeness (QED) is 0.803. The van der Waals surface area contributed by atoms with Gasteiger partial charge < -0.3 is 15.3 Å². The molecule has 6 nitrogen and oxygen atoms in total. The van der Waals surface area contributed by atoms with Gasteiger partial charge in [-0.05, 0) is 18.8 Å². The van der Waals surface area contributed by atoms with E-state index in [1.807, 2.05) is 12.3 Å². The molecule has 1 heterocycles. The summed E-state index contributed by atoms with van der Waals surface area (Å²) in [6.07, 6.45) is 3.90. The summed E-state index contributed by atoms with van der Waals surface area (Å²) in [4.78, 5) is 28.5. The molecule has 1 aromatic heterocycles. The summed E-state index contributed by atoms with van der Waals surface area (Å²) in [6, 6.07) is -0.303. The Morgan fingerprint density at radius 3 is 2.90 bits per heavy atom. The first kappa shape index (κ1) is 14.8. The van der Waals surface area contributed by atoms with Crippen LogP contribution in [0.15, 0.2) is 11.6 Å². The van der Waals surface area contributed by atoms with Gasteiger partial charge >= 0.3 is 12.0 Å². The summed E-state index contributed by atoms with van der Waals surface area (Å²) in [7, 11) is 0. The second-order valence-corrected chi connectivity index (χ2v) is 6.10. The van der Waals surface area contributed by atoms with Crippen LogP contribution in [0.3, 0.4) is 0 Å². The van der Waals surface area contributed by atoms with Gasteiger partial charge in [0.2, 0.25) is 0 Å². The van der Waals surface area contributed by atoms with Crippen molar-refractivity contribution in [2.75, 3.05) is 19.6 Å². The lowest BCUT2D eigenvalue weighted by atomic mass is 10.2. The summed E-state index contributed by atoms with van der Waals surface area (Å²) in [6.45, 7) is 2.74. The summed E-state index contributed by atoms with van der Waals surface area (Å²) in [5.41, 5.74) is 0. The molecule has 1 aliphatic rings. The molecule has 0 spiro atoms. The molecule has 0 saturated heterocycles. The number of hydrogen-bond donors (Lipinski definition) is 2. The minimum absolute atomic E-state index is 0.131. The predicted molar refractivity (Wildman–Crippen MR) is 75.9 cm³/mol. The van der Waals surface area contributed by atoms with Crippen molar-refractivity contribution >= 4 is 23.3 Å². The zero-order chi connectivity index (χ0) is 14.5. The van der Waals surface area contributed by atoms with Gasteiger partial charge in [-0.25, -0.2) is 9.78 Å². The van der Waals surface area contributed by atoms with Gasteiger partial charge in [-0.15, -0.1) is 11.3 Å². The highest BCUT2D eigenvalue weighted by atomic mass is 32.1. The van der Waals surface area contributed by atoms with E-state index < -0.39 is 5.97 Å². The Kier molecular flexibility index (Phi) is 4.94. The highest BCUT2D eigenvalue weighted by Crippen LogP contribution is 2.29. The number of nitrogens with zero attached hydrogens (tertiary/aromatic N) is 2. The molecule has 0 aliphatic heterocycles. The first-order valence-electron chi connectivity index (χ1n) is 6.70. The summed E-state index contributed by atoms with van der Waals surface area (Å²) >= 11 is 1.55. The van der Waals surface area contributed by atoms with E-state index in [2.05, 4.69) is 10.3 Å². The fraction of sp³-hybridized carbons (Fsp3) is 0.615. The van der Waals surface area contributed by atoms with Gasteiger partial charge in [-0.2, -0.15) is 0 Å². The molecule has 1 unspecified atom stereocenters. The number of thiazole rings is 1. The maximum absolute atomic E-state index is 12.1. The number of carboxylic acids is 1. The minimum Gasteiger partial charge on any atom is -0.480 e. The Morgan fingerprint density at radius 1 is 1.60 bits per heavy atom. The molecule has 110 valence electrons. The number of hydrogen-bond acceptors (Lipinski definition) is 4. The maximum atomic E-state index is 12.1. The molecule has 0 radical (unpaired) electrons. The topological polar surface area (TPSA) is 82.5 Å². The number of aromatic nitrogens is 1. The predicted octanol–water partition coefficient (Wildman–Crippen LogP) is 1.75. The van der Waals surface area contributed by atoms with Gasteiger partial charge in [0.15, 0.2) is 0 Å². The highest BCUT2D eigenvalue weighted by Gasteiger charge is 2.28. The van der Waals surface area contributed by atoms with E-state index in [1.165, 1.54) is 4.90 Å². The normalized spacial score (nSPS) is 15.7. The lowest BCUT2D eigenvalue weighted by Crippen LogP contribution is -2.44. The van der Waals surface area contributed by atoms with Crippen molar-refractivity contribution in [2.45, 2.75) is 25.7 Å². The lowest BCUT2D eigenvalue weighted by molar-refractivity contribution is -0.137. The third-order valence-corrected chi connectivity index (χ3v) is 4.23. The molecule has 2 rings (SSSR count). The second-order valence-electron chi connectivity index (χ2n) is 5.18. The maximum Gasteiger partial charge on any atom is 0.323 e. The SMILES string of the molecule is CC(CNC(=O)N(CC(=O)O)CC1CC1)c1nccs1. The molecule has 20 heavy (non-hydrogen) atoms. The number of amides is 2. The average Bonchev–Trinajstić information content (AvgIpc) is 3.05. The smallest absolute Gasteiger partial charge is 0.323 e. The molecule has 1 aromatic rings. The molecular weight excluding hydrogens is 278 g/mol. The van der Waals surface area contributed by atoms with Crippen molar-refractivity contribution in [1.82, 2.24) is 15.2 Å². The molecule has 1 atom stereocenters. The van der Waals surface area contributed by atoms with Crippen molar-refractivity contribution in [3.05, 3.63) is 16.6 Å². The van der Waals surface area contributed by atoms with Crippen LogP contribution in [0, 0.1) is 5.92 Å². The van der Waals surface area contributed by atoms with Crippen molar-refractivity contribution < 1.29 is 14.7 Å². The van der Waals surface area contributed by atoms with E-state index in [1.54, 1.807) is 17.5 Å². The number of nitrogens with one attached hydrogen (secondary N) is 1. The third kappa shape index (κ3) is 4.48. The summed E-state index contributed by atoms with van der Waals surface area (Å²) < 4.78 is 0. The Labute approximate surface area is 121 Å². The van der Waals surface area contributed by atoms with Crippen LogP contribution < -0.4 is 5.32 Å². The van der Waals surface area contributed by atoms with Crippen LogP contribution >= 0.6 is 11.3 Å². The van der Waals surface area contributed by atoms with E-state index in [0.717, 1.165) is 17.8 Å². The Balaban J connectivity index is 1.82. The molecule has 2 amide bonds. The van der Waals surface area contributed by atoms with Crippen LogP contribution in [0.2, 0.25) is 0 Å². The molecular formula is C13H19N3O3S. The molecule has 0 bridgehead atoms. The van der Waals surface area contributed by atoms with E-state index in [4.69, 9.17) is 5.11 Å². The zero-order valence-electron chi connectivity index (χ0n) is 11.4. The number of aliphatic carboxylic acids is 1. The van der Waals surface area contributed by atoms with Crippen LogP contribution in [0.5, 0.6) is 0 Å². The fourth-order valence-corrected chi connectivity index (χ4v) is 2.61. The largest absolute Gasteiger partial charge is 0.480 e. The van der Waals surface area contributed by atoms with Crippen molar-refractivity contribution in [1.29, 1.82) is 0 Å². The van der Waals surface area contributed by atoms with E-state index >= 15 is 0 Å². The fourth-order valence-electron chi connectivity index (χ4n) is 1.91. The van der Waals surface area contributed by atoms with E-state index in [9.17, 15) is 9.59 Å². The van der Waals surface area contributed by atoms with Crippen LogP contribution in [0.4, 0.5) is 4.79 Å². The Hall–Kier alpha value is -1.63. The number of rotatable bonds is 7. The van der Waals surface area contributed by atoms with Crippen LogP contribution in [0.25, 0.3) is 0 Å². The van der Waals surface area contributed by atoms with Gasteiger partial charge in [-0.3, -0.25) is 4.79 Å². The van der Waals surface area contributed by atoms with Gasteiger partial charge in [0.1, 0.15) is 6.54 Å².